The molecule has 4 aromatic rings. The molecular weight excluding hydrogens is 414 g/mol. The van der Waals surface area contributed by atoms with Gasteiger partial charge in [-0.25, -0.2) is 5.43 Å². The zero-order valence-corrected chi connectivity index (χ0v) is 16.8. The maximum atomic E-state index is 12.4. The largest absolute Gasteiger partial charge is 0.507 e. The van der Waals surface area contributed by atoms with Crippen molar-refractivity contribution in [3.63, 3.8) is 0 Å². The number of benzene rings is 3. The molecule has 0 aliphatic carbocycles. The van der Waals surface area contributed by atoms with Gasteiger partial charge in [0.15, 0.2) is 0 Å². The van der Waals surface area contributed by atoms with Crippen molar-refractivity contribution >= 4 is 28.6 Å². The van der Waals surface area contributed by atoms with Gasteiger partial charge in [-0.15, -0.1) is 0 Å². The number of nitrogens with zero attached hydrogens (tertiary/aromatic N) is 2. The first-order valence-corrected chi connectivity index (χ1v) is 9.44. The topological polar surface area (TPSA) is 127 Å². The van der Waals surface area contributed by atoms with E-state index in [2.05, 4.69) is 10.5 Å². The number of rotatable bonds is 6. The number of ether oxygens (including phenoxy) is 1. The number of nitrogens with one attached hydrogen (secondary N) is 1. The van der Waals surface area contributed by atoms with E-state index in [-0.39, 0.29) is 22.7 Å². The van der Waals surface area contributed by atoms with Crippen molar-refractivity contribution in [2.75, 3.05) is 7.11 Å². The van der Waals surface area contributed by atoms with E-state index in [1.54, 1.807) is 18.2 Å². The number of hydrazone groups is 1. The lowest BCUT2D eigenvalue weighted by atomic mass is 10.1. The molecule has 0 bridgehead atoms. The third kappa shape index (κ3) is 4.12. The normalized spacial score (nSPS) is 11.0. The van der Waals surface area contributed by atoms with Crippen molar-refractivity contribution in [1.29, 1.82) is 0 Å². The predicted molar refractivity (Wildman–Crippen MR) is 118 cm³/mol. The minimum Gasteiger partial charge on any atom is -0.507 e. The Morgan fingerprint density at radius 1 is 1.12 bits per heavy atom. The second-order valence-corrected chi connectivity index (χ2v) is 6.76. The molecule has 0 aliphatic heterocycles. The Morgan fingerprint density at radius 2 is 1.88 bits per heavy atom. The highest BCUT2D eigenvalue weighted by atomic mass is 16.6. The molecule has 0 saturated heterocycles. The van der Waals surface area contributed by atoms with Crippen LogP contribution in [-0.4, -0.2) is 29.3 Å². The van der Waals surface area contributed by atoms with Crippen LogP contribution in [0.3, 0.4) is 0 Å². The number of methoxy groups -OCH3 is 1. The van der Waals surface area contributed by atoms with Crippen molar-refractivity contribution in [3.8, 4) is 22.8 Å². The Bertz CT molecular complexity index is 1360. The van der Waals surface area contributed by atoms with Crippen LogP contribution in [0.2, 0.25) is 0 Å². The Morgan fingerprint density at radius 3 is 2.59 bits per heavy atom. The number of carbonyl (C=O) groups excluding carboxylic acids is 1. The quantitative estimate of drug-likeness (QED) is 0.263. The number of furan rings is 1. The van der Waals surface area contributed by atoms with Gasteiger partial charge < -0.3 is 14.3 Å². The van der Waals surface area contributed by atoms with Gasteiger partial charge in [0.25, 0.3) is 11.6 Å². The lowest BCUT2D eigenvalue weighted by Gasteiger charge is -2.06. The second kappa shape index (κ2) is 8.60. The summed E-state index contributed by atoms with van der Waals surface area (Å²) in [5.41, 5.74) is 2.88. The average Bonchev–Trinajstić information content (AvgIpc) is 3.26. The van der Waals surface area contributed by atoms with Crippen LogP contribution in [0.4, 0.5) is 5.69 Å². The summed E-state index contributed by atoms with van der Waals surface area (Å²) in [6.45, 7) is 0. The molecule has 0 aliphatic rings. The first-order chi connectivity index (χ1) is 15.5. The van der Waals surface area contributed by atoms with Crippen LogP contribution in [0.5, 0.6) is 11.5 Å². The van der Waals surface area contributed by atoms with E-state index in [0.717, 1.165) is 10.8 Å². The van der Waals surface area contributed by atoms with Crippen molar-refractivity contribution in [1.82, 2.24) is 5.43 Å². The van der Waals surface area contributed by atoms with Gasteiger partial charge in [-0.3, -0.25) is 14.9 Å². The highest BCUT2D eigenvalue weighted by Crippen LogP contribution is 2.34. The molecule has 1 aromatic heterocycles. The standard InChI is InChI=1S/C23H17N3O6/c1-31-22-12-16(26(29)30)6-8-18(22)21-9-7-17(32-21)13-24-25-23(28)19-10-14-4-2-3-5-15(14)11-20(19)27/h2-13,27H,1H3,(H,25,28). The van der Waals surface area contributed by atoms with Crippen LogP contribution in [0.15, 0.2) is 76.2 Å². The molecule has 0 unspecified atom stereocenters. The van der Waals surface area contributed by atoms with Gasteiger partial charge in [0.1, 0.15) is 23.0 Å². The maximum Gasteiger partial charge on any atom is 0.275 e. The maximum absolute atomic E-state index is 12.4. The fraction of sp³-hybridized carbons (Fsp3) is 0.0435. The zero-order chi connectivity index (χ0) is 22.7. The summed E-state index contributed by atoms with van der Waals surface area (Å²) < 4.78 is 10.9. The molecule has 0 saturated carbocycles. The summed E-state index contributed by atoms with van der Waals surface area (Å²) in [6.07, 6.45) is 1.30. The molecule has 1 heterocycles. The SMILES string of the molecule is COc1cc([N+](=O)[O-])ccc1-c1ccc(C=NNC(=O)c2cc3ccccc3cc2O)o1. The van der Waals surface area contributed by atoms with Gasteiger partial charge in [0.05, 0.1) is 35.4 Å². The molecule has 0 fully saturated rings. The number of fused-ring (bicyclic) bond motifs is 1. The van der Waals surface area contributed by atoms with Crippen LogP contribution >= 0.6 is 0 Å². The van der Waals surface area contributed by atoms with Crippen molar-refractivity contribution in [2.24, 2.45) is 5.10 Å². The lowest BCUT2D eigenvalue weighted by Crippen LogP contribution is -2.17. The fourth-order valence-corrected chi connectivity index (χ4v) is 3.19. The summed E-state index contributed by atoms with van der Waals surface area (Å²) in [5, 5.41) is 26.6. The molecule has 0 spiro atoms. The Balaban J connectivity index is 1.50. The second-order valence-electron chi connectivity index (χ2n) is 6.76. The highest BCUT2D eigenvalue weighted by molar-refractivity contribution is 6.01. The summed E-state index contributed by atoms with van der Waals surface area (Å²) >= 11 is 0. The number of non-ortho nitro benzene ring substituents is 1. The van der Waals surface area contributed by atoms with Gasteiger partial charge in [-0.05, 0) is 41.1 Å². The van der Waals surface area contributed by atoms with E-state index in [4.69, 9.17) is 9.15 Å². The number of nitro benzene ring substituents is 1. The molecule has 4 rings (SSSR count). The van der Waals surface area contributed by atoms with Crippen LogP contribution in [0.1, 0.15) is 16.1 Å². The lowest BCUT2D eigenvalue weighted by molar-refractivity contribution is -0.384. The summed E-state index contributed by atoms with van der Waals surface area (Å²) in [4.78, 5) is 22.8. The van der Waals surface area contributed by atoms with Gasteiger partial charge in [0.2, 0.25) is 0 Å². The van der Waals surface area contributed by atoms with Crippen molar-refractivity contribution in [2.45, 2.75) is 0 Å². The Kier molecular flexibility index (Phi) is 5.54. The van der Waals surface area contributed by atoms with Crippen LogP contribution < -0.4 is 10.2 Å². The molecule has 3 aromatic carbocycles. The number of hydrogen-bond acceptors (Lipinski definition) is 7. The predicted octanol–water partition coefficient (Wildman–Crippen LogP) is 4.49. The monoisotopic (exact) mass is 431 g/mol. The number of nitro groups is 1. The Hall–Kier alpha value is -4.66. The van der Waals surface area contributed by atoms with Gasteiger partial charge in [-0.2, -0.15) is 5.10 Å². The third-order valence-corrected chi connectivity index (χ3v) is 4.75. The highest BCUT2D eigenvalue weighted by Gasteiger charge is 2.15. The fourth-order valence-electron chi connectivity index (χ4n) is 3.19. The molecule has 32 heavy (non-hydrogen) atoms. The van der Waals surface area contributed by atoms with E-state index in [0.29, 0.717) is 17.1 Å². The Labute approximate surface area is 181 Å². The van der Waals surface area contributed by atoms with Gasteiger partial charge >= 0.3 is 0 Å². The van der Waals surface area contributed by atoms with E-state index in [9.17, 15) is 20.0 Å². The van der Waals surface area contributed by atoms with E-state index in [1.165, 1.54) is 37.6 Å². The molecule has 2 N–H and O–H groups in total. The molecular formula is C23H17N3O6. The first-order valence-electron chi connectivity index (χ1n) is 9.44. The minimum absolute atomic E-state index is 0.0941. The van der Waals surface area contributed by atoms with Crippen LogP contribution in [0.25, 0.3) is 22.1 Å². The number of amides is 1. The number of aromatic hydroxyl groups is 1. The van der Waals surface area contributed by atoms with Gasteiger partial charge in [0, 0.05) is 6.07 Å². The molecule has 9 heteroatoms. The van der Waals surface area contributed by atoms with Crippen LogP contribution in [0, 0.1) is 10.1 Å². The molecule has 0 radical (unpaired) electrons. The smallest absolute Gasteiger partial charge is 0.275 e. The van der Waals surface area contributed by atoms with Crippen molar-refractivity contribution in [3.05, 3.63) is 88.2 Å². The van der Waals surface area contributed by atoms with Crippen molar-refractivity contribution < 1.29 is 24.0 Å². The number of hydrogen-bond donors (Lipinski definition) is 2. The summed E-state index contributed by atoms with van der Waals surface area (Å²) in [5.74, 6) is 0.313. The third-order valence-electron chi connectivity index (χ3n) is 4.75. The van der Waals surface area contributed by atoms with Gasteiger partial charge in [-0.1, -0.05) is 24.3 Å². The molecule has 160 valence electrons. The zero-order valence-electron chi connectivity index (χ0n) is 16.8. The van der Waals surface area contributed by atoms with E-state index < -0.39 is 10.8 Å². The summed E-state index contributed by atoms with van der Waals surface area (Å²) in [6, 6.07) is 17.9. The van der Waals surface area contributed by atoms with E-state index >= 15 is 0 Å². The molecule has 0 atom stereocenters. The van der Waals surface area contributed by atoms with E-state index in [1.807, 2.05) is 24.3 Å². The van der Waals surface area contributed by atoms with Crippen LogP contribution in [-0.2, 0) is 0 Å². The average molecular weight is 431 g/mol. The molecule has 9 nitrogen and oxygen atoms in total. The summed E-state index contributed by atoms with van der Waals surface area (Å²) in [7, 11) is 1.41. The minimum atomic E-state index is -0.576. The number of carbonyl (C=O) groups is 1. The first kappa shape index (κ1) is 20.6. The number of phenolic OH excluding ortho intramolecular Hbond substituents is 1. The molecule has 1 amide bonds. The number of phenols is 1.